The number of thiophene rings is 1. The maximum atomic E-state index is 13.4. The molecule has 32 heavy (non-hydrogen) atoms. The lowest BCUT2D eigenvalue weighted by Crippen LogP contribution is -2.21. The third-order valence-corrected chi connectivity index (χ3v) is 6.13. The van der Waals surface area contributed by atoms with E-state index in [9.17, 15) is 4.79 Å². The quantitative estimate of drug-likeness (QED) is 0.369. The van der Waals surface area contributed by atoms with Crippen LogP contribution in [-0.2, 0) is 6.54 Å². The molecule has 0 N–H and O–H groups in total. The monoisotopic (exact) mass is 444 g/mol. The van der Waals surface area contributed by atoms with Gasteiger partial charge in [-0.2, -0.15) is 4.98 Å². The first-order chi connectivity index (χ1) is 15.7. The van der Waals surface area contributed by atoms with Crippen LogP contribution in [0.25, 0.3) is 32.7 Å². The van der Waals surface area contributed by atoms with Crippen molar-refractivity contribution in [1.29, 1.82) is 0 Å². The van der Waals surface area contributed by atoms with Gasteiger partial charge in [-0.15, -0.1) is 11.3 Å². The molecule has 0 saturated heterocycles. The molecule has 160 valence electrons. The van der Waals surface area contributed by atoms with Crippen LogP contribution in [0.2, 0.25) is 0 Å². The molecule has 0 radical (unpaired) electrons. The zero-order valence-electron chi connectivity index (χ0n) is 17.6. The van der Waals surface area contributed by atoms with E-state index in [4.69, 9.17) is 9.26 Å². The van der Waals surface area contributed by atoms with E-state index in [-0.39, 0.29) is 12.1 Å². The first-order valence-corrected chi connectivity index (χ1v) is 11.1. The Labute approximate surface area is 187 Å². The summed E-state index contributed by atoms with van der Waals surface area (Å²) in [7, 11) is 0. The highest BCUT2D eigenvalue weighted by Crippen LogP contribution is 2.35. The molecule has 0 aliphatic rings. The van der Waals surface area contributed by atoms with Crippen LogP contribution < -0.4 is 10.3 Å². The fourth-order valence-electron chi connectivity index (χ4n) is 3.71. The van der Waals surface area contributed by atoms with Gasteiger partial charge in [0.25, 0.3) is 5.56 Å². The molecule has 3 aromatic heterocycles. The molecular formula is C24H20N4O3S. The van der Waals surface area contributed by atoms with Crippen molar-refractivity contribution < 1.29 is 9.26 Å². The number of fused-ring (bicyclic) bond motifs is 1. The Bertz CT molecular complexity index is 1450. The van der Waals surface area contributed by atoms with Crippen LogP contribution in [-0.4, -0.2) is 26.3 Å². The van der Waals surface area contributed by atoms with Crippen LogP contribution in [0.4, 0.5) is 0 Å². The summed E-state index contributed by atoms with van der Waals surface area (Å²) in [6, 6.07) is 17.4. The second-order valence-electron chi connectivity index (χ2n) is 7.20. The lowest BCUT2D eigenvalue weighted by atomic mass is 10.0. The molecule has 0 unspecified atom stereocenters. The molecule has 2 aromatic carbocycles. The molecule has 0 fully saturated rings. The SMILES string of the molecule is CCOc1ccccc1-c1noc(Cn2cnc3sc(C)c(-c4ccccc4)c3c2=O)n1. The van der Waals surface area contributed by atoms with Crippen LogP contribution in [0.3, 0.4) is 0 Å². The number of nitrogens with zero attached hydrogens (tertiary/aromatic N) is 4. The van der Waals surface area contributed by atoms with E-state index in [1.165, 1.54) is 22.2 Å². The van der Waals surface area contributed by atoms with Crippen molar-refractivity contribution >= 4 is 21.6 Å². The first-order valence-electron chi connectivity index (χ1n) is 10.2. The van der Waals surface area contributed by atoms with Crippen LogP contribution >= 0.6 is 11.3 Å². The highest BCUT2D eigenvalue weighted by molar-refractivity contribution is 7.19. The van der Waals surface area contributed by atoms with E-state index in [1.807, 2.05) is 68.4 Å². The third kappa shape index (κ3) is 3.58. The van der Waals surface area contributed by atoms with E-state index in [2.05, 4.69) is 15.1 Å². The highest BCUT2D eigenvalue weighted by Gasteiger charge is 2.18. The minimum atomic E-state index is -0.132. The molecule has 0 spiro atoms. The van der Waals surface area contributed by atoms with Gasteiger partial charge in [-0.3, -0.25) is 9.36 Å². The number of hydrogen-bond acceptors (Lipinski definition) is 7. The minimum absolute atomic E-state index is 0.132. The molecule has 0 aliphatic carbocycles. The van der Waals surface area contributed by atoms with E-state index < -0.39 is 0 Å². The second-order valence-corrected chi connectivity index (χ2v) is 8.40. The molecule has 0 atom stereocenters. The van der Waals surface area contributed by atoms with Crippen molar-refractivity contribution in [2.75, 3.05) is 6.61 Å². The van der Waals surface area contributed by atoms with Crippen LogP contribution in [0.5, 0.6) is 5.75 Å². The number of para-hydroxylation sites is 1. The Hall–Kier alpha value is -3.78. The summed E-state index contributed by atoms with van der Waals surface area (Å²) in [5.74, 6) is 1.43. The summed E-state index contributed by atoms with van der Waals surface area (Å²) in [5, 5.41) is 4.70. The highest BCUT2D eigenvalue weighted by atomic mass is 32.1. The number of aryl methyl sites for hydroxylation is 1. The maximum absolute atomic E-state index is 13.4. The predicted molar refractivity (Wildman–Crippen MR) is 124 cm³/mol. The molecule has 5 aromatic rings. The van der Waals surface area contributed by atoms with Gasteiger partial charge in [-0.05, 0) is 31.5 Å². The summed E-state index contributed by atoms with van der Waals surface area (Å²) in [5.41, 5.74) is 2.53. The number of hydrogen-bond donors (Lipinski definition) is 0. The predicted octanol–water partition coefficient (Wildman–Crippen LogP) is 4.93. The summed E-state index contributed by atoms with van der Waals surface area (Å²) < 4.78 is 12.6. The normalized spacial score (nSPS) is 11.2. The number of ether oxygens (including phenoxy) is 1. The van der Waals surface area contributed by atoms with E-state index in [0.29, 0.717) is 29.5 Å². The summed E-state index contributed by atoms with van der Waals surface area (Å²) in [4.78, 5) is 24.2. The number of benzene rings is 2. The molecule has 0 amide bonds. The molecule has 3 heterocycles. The van der Waals surface area contributed by atoms with Gasteiger partial charge in [0, 0.05) is 10.4 Å². The lowest BCUT2D eigenvalue weighted by molar-refractivity contribution is 0.340. The third-order valence-electron chi connectivity index (χ3n) is 5.12. The Morgan fingerprint density at radius 1 is 1.09 bits per heavy atom. The van der Waals surface area contributed by atoms with Gasteiger partial charge in [0.1, 0.15) is 17.1 Å². The molecule has 7 nitrogen and oxygen atoms in total. The van der Waals surface area contributed by atoms with E-state index in [1.54, 1.807) is 0 Å². The van der Waals surface area contributed by atoms with Crippen LogP contribution in [0.15, 0.2) is 70.2 Å². The second kappa shape index (κ2) is 8.39. The van der Waals surface area contributed by atoms with Gasteiger partial charge in [-0.1, -0.05) is 47.6 Å². The summed E-state index contributed by atoms with van der Waals surface area (Å²) >= 11 is 1.52. The van der Waals surface area contributed by atoms with E-state index >= 15 is 0 Å². The van der Waals surface area contributed by atoms with Crippen LogP contribution in [0, 0.1) is 6.92 Å². The lowest BCUT2D eigenvalue weighted by Gasteiger charge is -2.06. The Kier molecular flexibility index (Phi) is 5.28. The van der Waals surface area contributed by atoms with Gasteiger partial charge in [0.2, 0.25) is 11.7 Å². The summed E-state index contributed by atoms with van der Waals surface area (Å²) in [6.45, 7) is 4.60. The Morgan fingerprint density at radius 3 is 2.69 bits per heavy atom. The van der Waals surface area contributed by atoms with Gasteiger partial charge < -0.3 is 9.26 Å². The summed E-state index contributed by atoms with van der Waals surface area (Å²) in [6.07, 6.45) is 1.54. The number of rotatable bonds is 6. The molecule has 0 bridgehead atoms. The smallest absolute Gasteiger partial charge is 0.263 e. The topological polar surface area (TPSA) is 83.0 Å². The molecule has 0 aliphatic heterocycles. The Balaban J connectivity index is 1.53. The minimum Gasteiger partial charge on any atom is -0.493 e. The average molecular weight is 445 g/mol. The maximum Gasteiger partial charge on any atom is 0.263 e. The number of aromatic nitrogens is 4. The van der Waals surface area contributed by atoms with Crippen molar-refractivity contribution in [3.05, 3.63) is 82.0 Å². The molecule has 8 heteroatoms. The van der Waals surface area contributed by atoms with Crippen molar-refractivity contribution in [3.8, 4) is 28.3 Å². The first kappa shape index (κ1) is 20.1. The average Bonchev–Trinajstić information content (AvgIpc) is 3.41. The standard InChI is InChI=1S/C24H20N4O3S/c1-3-30-18-12-8-7-11-17(18)22-26-19(31-27-22)13-28-14-25-23-21(24(28)29)20(15(2)32-23)16-9-5-4-6-10-16/h4-12,14H,3,13H2,1-2H3. The van der Waals surface area contributed by atoms with Crippen molar-refractivity contribution in [2.45, 2.75) is 20.4 Å². The molecular weight excluding hydrogens is 424 g/mol. The largest absolute Gasteiger partial charge is 0.493 e. The van der Waals surface area contributed by atoms with Crippen molar-refractivity contribution in [2.24, 2.45) is 0 Å². The van der Waals surface area contributed by atoms with Gasteiger partial charge in [0.05, 0.1) is 23.9 Å². The van der Waals surface area contributed by atoms with Crippen LogP contribution in [0.1, 0.15) is 17.7 Å². The van der Waals surface area contributed by atoms with Gasteiger partial charge in [0.15, 0.2) is 0 Å². The zero-order valence-corrected chi connectivity index (χ0v) is 18.4. The van der Waals surface area contributed by atoms with Gasteiger partial charge in [-0.25, -0.2) is 4.98 Å². The molecule has 5 rings (SSSR count). The zero-order chi connectivity index (χ0) is 22.1. The van der Waals surface area contributed by atoms with Crippen molar-refractivity contribution in [1.82, 2.24) is 19.7 Å². The Morgan fingerprint density at radius 2 is 1.88 bits per heavy atom. The van der Waals surface area contributed by atoms with Crippen molar-refractivity contribution in [3.63, 3.8) is 0 Å². The fourth-order valence-corrected chi connectivity index (χ4v) is 4.71. The van der Waals surface area contributed by atoms with E-state index in [0.717, 1.165) is 26.4 Å². The molecule has 0 saturated carbocycles. The van der Waals surface area contributed by atoms with Gasteiger partial charge >= 0.3 is 0 Å². The fraction of sp³-hybridized carbons (Fsp3) is 0.167.